The van der Waals surface area contributed by atoms with Crippen LogP contribution in [0.3, 0.4) is 0 Å². The van der Waals surface area contributed by atoms with E-state index in [9.17, 15) is 13.2 Å². The molecule has 1 aromatic rings. The van der Waals surface area contributed by atoms with Crippen LogP contribution in [-0.2, 0) is 14.6 Å². The van der Waals surface area contributed by atoms with Crippen LogP contribution in [0.4, 0.5) is 5.69 Å². The van der Waals surface area contributed by atoms with Gasteiger partial charge in [-0.25, -0.2) is 8.42 Å². The normalized spacial score (nSPS) is 38.4. The Hall–Kier alpha value is -1.36. The molecule has 5 rings (SSSR count). The number of rotatable bonds is 3. The third kappa shape index (κ3) is 2.79. The number of benzene rings is 1. The first-order valence-corrected chi connectivity index (χ1v) is 11.4. The molecule has 4 nitrogen and oxygen atoms in total. The third-order valence-corrected chi connectivity index (χ3v) is 8.13. The summed E-state index contributed by atoms with van der Waals surface area (Å²) >= 11 is 0. The van der Waals surface area contributed by atoms with Gasteiger partial charge < -0.3 is 4.90 Å². The highest BCUT2D eigenvalue weighted by Gasteiger charge is 2.63. The van der Waals surface area contributed by atoms with Gasteiger partial charge in [-0.15, -0.1) is 0 Å². The Balaban J connectivity index is 1.68. The van der Waals surface area contributed by atoms with E-state index in [0.717, 1.165) is 19.3 Å². The minimum Gasteiger partial charge on any atom is -0.315 e. The largest absolute Gasteiger partial charge is 0.315 e. The van der Waals surface area contributed by atoms with Crippen molar-refractivity contribution in [3.63, 3.8) is 0 Å². The molecule has 4 saturated carbocycles. The second kappa shape index (κ2) is 5.34. The molecule has 0 N–H and O–H groups in total. The Morgan fingerprint density at radius 2 is 1.69 bits per heavy atom. The Morgan fingerprint density at radius 3 is 2.23 bits per heavy atom. The first kappa shape index (κ1) is 18.0. The molecule has 2 unspecified atom stereocenters. The molecule has 1 aromatic carbocycles. The van der Waals surface area contributed by atoms with E-state index in [1.165, 1.54) is 25.5 Å². The summed E-state index contributed by atoms with van der Waals surface area (Å²) in [5.41, 5.74) is 0.945. The molecular weight excluding hydrogens is 346 g/mol. The fraction of sp³-hybridized carbons (Fsp3) is 0.667. The highest BCUT2D eigenvalue weighted by Crippen LogP contribution is 2.69. The summed E-state index contributed by atoms with van der Waals surface area (Å²) in [4.78, 5) is 15.6. The average Bonchev–Trinajstić information content (AvgIpc) is 2.49. The van der Waals surface area contributed by atoms with E-state index >= 15 is 0 Å². The molecule has 4 aliphatic rings. The molecule has 0 spiro atoms. The van der Waals surface area contributed by atoms with Gasteiger partial charge in [0.15, 0.2) is 9.84 Å². The number of nitrogens with zero attached hydrogens (tertiary/aromatic N) is 1. The van der Waals surface area contributed by atoms with Gasteiger partial charge in [0.2, 0.25) is 5.91 Å². The van der Waals surface area contributed by atoms with Gasteiger partial charge >= 0.3 is 0 Å². The second-order valence-corrected chi connectivity index (χ2v) is 12.1. The third-order valence-electron chi connectivity index (χ3n) is 7.02. The standard InChI is InChI=1S/C21H29NO3S/c1-19-9-15-10-20(2,12-19)14-21(11-15,13-19)18(23)22(3)16-6-5-7-17(8-16)26(4,24)25/h5-8,15H,9-14H2,1-4H3. The fourth-order valence-corrected chi connectivity index (χ4v) is 7.74. The summed E-state index contributed by atoms with van der Waals surface area (Å²) in [6.45, 7) is 4.73. The predicted molar refractivity (Wildman–Crippen MR) is 103 cm³/mol. The molecule has 0 saturated heterocycles. The van der Waals surface area contributed by atoms with E-state index < -0.39 is 9.84 Å². The Morgan fingerprint density at radius 1 is 1.08 bits per heavy atom. The molecule has 26 heavy (non-hydrogen) atoms. The lowest BCUT2D eigenvalue weighted by Gasteiger charge is -2.65. The summed E-state index contributed by atoms with van der Waals surface area (Å²) in [6, 6.07) is 6.76. The average molecular weight is 376 g/mol. The first-order chi connectivity index (χ1) is 11.9. The van der Waals surface area contributed by atoms with E-state index in [1.54, 1.807) is 30.1 Å². The minimum atomic E-state index is -3.29. The van der Waals surface area contributed by atoms with Crippen LogP contribution in [0.1, 0.15) is 52.4 Å². The molecule has 2 atom stereocenters. The molecule has 0 heterocycles. The maximum atomic E-state index is 13.6. The summed E-state index contributed by atoms with van der Waals surface area (Å²) < 4.78 is 23.8. The van der Waals surface area contributed by atoms with Crippen LogP contribution in [-0.4, -0.2) is 27.6 Å². The zero-order valence-corrected chi connectivity index (χ0v) is 17.0. The molecule has 5 heteroatoms. The lowest BCUT2D eigenvalue weighted by molar-refractivity contribution is -0.167. The molecule has 0 aromatic heterocycles. The van der Waals surface area contributed by atoms with Gasteiger partial charge in [0.25, 0.3) is 0 Å². The van der Waals surface area contributed by atoms with Crippen molar-refractivity contribution in [1.82, 2.24) is 0 Å². The lowest BCUT2D eigenvalue weighted by Crippen LogP contribution is -2.60. The SMILES string of the molecule is CN(C(=O)C12CC3CC(C)(CC(C)(C3)C1)C2)c1cccc(S(C)(=O)=O)c1. The quantitative estimate of drug-likeness (QED) is 0.801. The van der Waals surface area contributed by atoms with Gasteiger partial charge in [-0.05, 0) is 73.5 Å². The number of carbonyl (C=O) groups is 1. The second-order valence-electron chi connectivity index (χ2n) is 10.0. The maximum absolute atomic E-state index is 13.6. The van der Waals surface area contributed by atoms with Crippen molar-refractivity contribution in [2.24, 2.45) is 22.2 Å². The first-order valence-electron chi connectivity index (χ1n) is 9.52. The van der Waals surface area contributed by atoms with Crippen molar-refractivity contribution in [2.75, 3.05) is 18.2 Å². The number of amides is 1. The van der Waals surface area contributed by atoms with Gasteiger partial charge in [-0.1, -0.05) is 19.9 Å². The van der Waals surface area contributed by atoms with Crippen molar-refractivity contribution in [2.45, 2.75) is 57.3 Å². The van der Waals surface area contributed by atoms with Crippen LogP contribution in [0.15, 0.2) is 29.2 Å². The molecule has 4 aliphatic carbocycles. The smallest absolute Gasteiger partial charge is 0.232 e. The van der Waals surface area contributed by atoms with Crippen molar-refractivity contribution < 1.29 is 13.2 Å². The van der Waals surface area contributed by atoms with Gasteiger partial charge in [0.05, 0.1) is 10.3 Å². The summed E-state index contributed by atoms with van der Waals surface area (Å²) in [6.07, 6.45) is 7.89. The van der Waals surface area contributed by atoms with Crippen molar-refractivity contribution in [3.8, 4) is 0 Å². The Bertz CT molecular complexity index is 857. The Kier molecular flexibility index (Phi) is 3.70. The molecule has 1 amide bonds. The van der Waals surface area contributed by atoms with Crippen molar-refractivity contribution in [3.05, 3.63) is 24.3 Å². The van der Waals surface area contributed by atoms with Crippen molar-refractivity contribution >= 4 is 21.4 Å². The molecule has 4 fully saturated rings. The van der Waals surface area contributed by atoms with Crippen LogP contribution in [0.2, 0.25) is 0 Å². The van der Waals surface area contributed by atoms with Crippen molar-refractivity contribution in [1.29, 1.82) is 0 Å². The number of hydrogen-bond acceptors (Lipinski definition) is 3. The van der Waals surface area contributed by atoms with E-state index in [2.05, 4.69) is 13.8 Å². The summed E-state index contributed by atoms with van der Waals surface area (Å²) in [7, 11) is -1.49. The number of sulfone groups is 1. The van der Waals surface area contributed by atoms with E-state index in [4.69, 9.17) is 0 Å². The van der Waals surface area contributed by atoms with Crippen LogP contribution >= 0.6 is 0 Å². The predicted octanol–water partition coefficient (Wildman–Crippen LogP) is 4.05. The van der Waals surface area contributed by atoms with Gasteiger partial charge in [0, 0.05) is 19.0 Å². The van der Waals surface area contributed by atoms with Crippen LogP contribution in [0.25, 0.3) is 0 Å². The highest BCUT2D eigenvalue weighted by molar-refractivity contribution is 7.90. The van der Waals surface area contributed by atoms with E-state index in [1.807, 2.05) is 6.07 Å². The Labute approximate surface area is 156 Å². The molecule has 142 valence electrons. The lowest BCUT2D eigenvalue weighted by atomic mass is 9.40. The molecular formula is C21H29NO3S. The summed E-state index contributed by atoms with van der Waals surface area (Å²) in [5.74, 6) is 0.825. The van der Waals surface area contributed by atoms with Gasteiger partial charge in [-0.2, -0.15) is 0 Å². The summed E-state index contributed by atoms with van der Waals surface area (Å²) in [5, 5.41) is 0. The van der Waals surface area contributed by atoms with E-state index in [0.29, 0.717) is 11.6 Å². The molecule has 0 radical (unpaired) electrons. The highest BCUT2D eigenvalue weighted by atomic mass is 32.2. The molecule has 4 bridgehead atoms. The molecule has 0 aliphatic heterocycles. The number of hydrogen-bond donors (Lipinski definition) is 0. The van der Waals surface area contributed by atoms with Crippen LogP contribution in [0.5, 0.6) is 0 Å². The zero-order chi connectivity index (χ0) is 19.0. The van der Waals surface area contributed by atoms with E-state index in [-0.39, 0.29) is 27.0 Å². The topological polar surface area (TPSA) is 54.5 Å². The number of carbonyl (C=O) groups excluding carboxylic acids is 1. The fourth-order valence-electron chi connectivity index (χ4n) is 7.08. The zero-order valence-electron chi connectivity index (χ0n) is 16.2. The minimum absolute atomic E-state index is 0.171. The van der Waals surface area contributed by atoms with Crippen LogP contribution < -0.4 is 4.90 Å². The van der Waals surface area contributed by atoms with Gasteiger partial charge in [-0.3, -0.25) is 4.79 Å². The number of anilines is 1. The van der Waals surface area contributed by atoms with Crippen LogP contribution in [0, 0.1) is 22.2 Å². The monoisotopic (exact) mass is 375 g/mol. The maximum Gasteiger partial charge on any atom is 0.232 e. The van der Waals surface area contributed by atoms with Gasteiger partial charge in [0.1, 0.15) is 0 Å².